The number of fused-ring (bicyclic) bond motifs is 12. The smallest absolute Gasteiger partial charge is 0.136 e. The van der Waals surface area contributed by atoms with E-state index in [1.165, 1.54) is 82.1 Å². The summed E-state index contributed by atoms with van der Waals surface area (Å²) in [6.45, 7) is 4.98. The van der Waals surface area contributed by atoms with Crippen LogP contribution in [0.3, 0.4) is 0 Å². The van der Waals surface area contributed by atoms with Gasteiger partial charge >= 0.3 is 0 Å². The quantitative estimate of drug-likeness (QED) is 0.136. The van der Waals surface area contributed by atoms with E-state index in [0.29, 0.717) is 0 Å². The fourth-order valence-electron chi connectivity index (χ4n) is 8.74. The van der Waals surface area contributed by atoms with Gasteiger partial charge in [0.1, 0.15) is 19.2 Å². The van der Waals surface area contributed by atoms with E-state index < -0.39 is 8.07 Å². The molecule has 0 amide bonds. The zero-order valence-corrected chi connectivity index (χ0v) is 28.3. The van der Waals surface area contributed by atoms with Gasteiger partial charge in [0.05, 0.1) is 11.0 Å². The number of benzene rings is 8. The van der Waals surface area contributed by atoms with Gasteiger partial charge in [-0.05, 0) is 109 Å². The summed E-state index contributed by atoms with van der Waals surface area (Å²) < 4.78 is 8.63. The lowest BCUT2D eigenvalue weighted by atomic mass is 9.99. The van der Waals surface area contributed by atoms with Crippen molar-refractivity contribution in [1.29, 1.82) is 0 Å². The largest absolute Gasteiger partial charge is 0.456 e. The predicted octanol–water partition coefficient (Wildman–Crippen LogP) is 11.5. The second-order valence-electron chi connectivity index (χ2n) is 14.2. The van der Waals surface area contributed by atoms with Crippen LogP contribution in [0.2, 0.25) is 13.1 Å². The van der Waals surface area contributed by atoms with Gasteiger partial charge in [0.25, 0.3) is 0 Å². The van der Waals surface area contributed by atoms with Gasteiger partial charge in [0, 0.05) is 27.2 Å². The topological polar surface area (TPSA) is 18.1 Å². The standard InChI is InChI=1S/C46H31NOSi/c1-49(2)44-14-8-5-10-35(44)36-20-16-30(27-45(36)49)28-17-21-41-39(26-28)34-9-3-6-12-40(34)47(41)33-19-15-29-25-38-31(23-32(29)24-33)18-22-43-46(38)37-11-4-7-13-42(37)48-43/h3-27H,1-2H3. The van der Waals surface area contributed by atoms with Gasteiger partial charge in [0.2, 0.25) is 0 Å². The van der Waals surface area contributed by atoms with Crippen molar-refractivity contribution in [1.82, 2.24) is 4.57 Å². The van der Waals surface area contributed by atoms with Gasteiger partial charge in [-0.3, -0.25) is 0 Å². The summed E-state index contributed by atoms with van der Waals surface area (Å²) in [6.07, 6.45) is 0. The fourth-order valence-corrected chi connectivity index (χ4v) is 11.8. The van der Waals surface area contributed by atoms with Crippen molar-refractivity contribution in [3.63, 3.8) is 0 Å². The third-order valence-corrected chi connectivity index (χ3v) is 14.7. The highest BCUT2D eigenvalue weighted by Gasteiger charge is 2.37. The van der Waals surface area contributed by atoms with E-state index in [4.69, 9.17) is 4.42 Å². The van der Waals surface area contributed by atoms with E-state index in [9.17, 15) is 0 Å². The van der Waals surface area contributed by atoms with E-state index in [0.717, 1.165) is 11.2 Å². The van der Waals surface area contributed by atoms with Crippen LogP contribution in [0.1, 0.15) is 0 Å². The summed E-state index contributed by atoms with van der Waals surface area (Å²) in [4.78, 5) is 0. The molecule has 0 radical (unpaired) electrons. The molecule has 8 aromatic carbocycles. The maximum Gasteiger partial charge on any atom is 0.136 e. The minimum atomic E-state index is -1.75. The third-order valence-electron chi connectivity index (χ3n) is 11.1. The molecule has 0 saturated heterocycles. The number of rotatable bonds is 2. The van der Waals surface area contributed by atoms with Gasteiger partial charge < -0.3 is 8.98 Å². The highest BCUT2D eigenvalue weighted by Crippen LogP contribution is 2.39. The van der Waals surface area contributed by atoms with Crippen molar-refractivity contribution in [3.05, 3.63) is 152 Å². The monoisotopic (exact) mass is 641 g/mol. The van der Waals surface area contributed by atoms with Gasteiger partial charge in [-0.1, -0.05) is 110 Å². The number of para-hydroxylation sites is 2. The van der Waals surface area contributed by atoms with Crippen LogP contribution in [0, 0.1) is 0 Å². The molecule has 49 heavy (non-hydrogen) atoms. The van der Waals surface area contributed by atoms with Crippen molar-refractivity contribution in [2.75, 3.05) is 0 Å². The predicted molar refractivity (Wildman–Crippen MR) is 211 cm³/mol. The lowest BCUT2D eigenvalue weighted by Crippen LogP contribution is -2.49. The van der Waals surface area contributed by atoms with Crippen LogP contribution in [0.5, 0.6) is 0 Å². The van der Waals surface area contributed by atoms with Crippen molar-refractivity contribution in [3.8, 4) is 27.9 Å². The van der Waals surface area contributed by atoms with Crippen LogP contribution in [0.15, 0.2) is 156 Å². The summed E-state index contributed by atoms with van der Waals surface area (Å²) in [6, 6.07) is 56.2. The Kier molecular flexibility index (Phi) is 5.30. The van der Waals surface area contributed by atoms with E-state index in [1.807, 2.05) is 6.07 Å². The fraction of sp³-hybridized carbons (Fsp3) is 0.0435. The first-order chi connectivity index (χ1) is 24.0. The van der Waals surface area contributed by atoms with Crippen molar-refractivity contribution in [2.24, 2.45) is 0 Å². The van der Waals surface area contributed by atoms with Crippen molar-refractivity contribution in [2.45, 2.75) is 13.1 Å². The van der Waals surface area contributed by atoms with Crippen LogP contribution in [-0.4, -0.2) is 12.6 Å². The zero-order chi connectivity index (χ0) is 32.4. The number of aromatic nitrogens is 1. The molecule has 0 atom stereocenters. The Bertz CT molecular complexity index is 3030. The van der Waals surface area contributed by atoms with Gasteiger partial charge in [-0.25, -0.2) is 0 Å². The highest BCUT2D eigenvalue weighted by atomic mass is 28.3. The Balaban J connectivity index is 1.07. The third kappa shape index (κ3) is 3.71. The molecule has 3 heterocycles. The average Bonchev–Trinajstić information content (AvgIpc) is 3.76. The molecule has 0 saturated carbocycles. The van der Waals surface area contributed by atoms with Gasteiger partial charge in [-0.15, -0.1) is 0 Å². The lowest BCUT2D eigenvalue weighted by molar-refractivity contribution is 0.669. The maximum atomic E-state index is 6.20. The van der Waals surface area contributed by atoms with Crippen LogP contribution >= 0.6 is 0 Å². The minimum Gasteiger partial charge on any atom is -0.456 e. The van der Waals surface area contributed by atoms with Crippen molar-refractivity contribution >= 4 is 83.7 Å². The molecule has 0 unspecified atom stereocenters. The summed E-state index contributed by atoms with van der Waals surface area (Å²) >= 11 is 0. The van der Waals surface area contributed by atoms with Gasteiger partial charge in [0.15, 0.2) is 0 Å². The molecule has 3 heteroatoms. The molecule has 11 rings (SSSR count). The molecule has 230 valence electrons. The highest BCUT2D eigenvalue weighted by molar-refractivity contribution is 7.03. The van der Waals surface area contributed by atoms with E-state index in [2.05, 4.69) is 163 Å². The van der Waals surface area contributed by atoms with Crippen LogP contribution in [0.4, 0.5) is 0 Å². The molecule has 0 aliphatic carbocycles. The molecule has 0 fully saturated rings. The molecule has 10 aromatic rings. The summed E-state index contributed by atoms with van der Waals surface area (Å²) in [5, 5.41) is 12.9. The summed E-state index contributed by atoms with van der Waals surface area (Å²) in [5.74, 6) is 0. The molecular formula is C46H31NOSi. The van der Waals surface area contributed by atoms with E-state index in [1.54, 1.807) is 10.4 Å². The normalized spacial score (nSPS) is 13.7. The molecule has 0 spiro atoms. The second kappa shape index (κ2) is 9.59. The zero-order valence-electron chi connectivity index (χ0n) is 27.3. The molecule has 2 nitrogen and oxygen atoms in total. The van der Waals surface area contributed by atoms with Crippen molar-refractivity contribution < 1.29 is 4.42 Å². The molecule has 0 bridgehead atoms. The van der Waals surface area contributed by atoms with Crippen LogP contribution < -0.4 is 10.4 Å². The van der Waals surface area contributed by atoms with Crippen LogP contribution in [-0.2, 0) is 0 Å². The first kappa shape index (κ1) is 27.1. The Morgan fingerprint density at radius 1 is 0.449 bits per heavy atom. The Morgan fingerprint density at radius 3 is 2.12 bits per heavy atom. The number of nitrogens with zero attached hydrogens (tertiary/aromatic N) is 1. The van der Waals surface area contributed by atoms with E-state index >= 15 is 0 Å². The second-order valence-corrected chi connectivity index (χ2v) is 18.5. The molecule has 1 aliphatic rings. The molecule has 0 N–H and O–H groups in total. The van der Waals surface area contributed by atoms with Gasteiger partial charge in [-0.2, -0.15) is 0 Å². The SMILES string of the molecule is C[Si]1(C)c2ccccc2-c2ccc(-c3ccc4c(c3)c3ccccc3n4-c3ccc4cc5c(ccc6oc7ccccc7c65)cc4c3)cc21. The summed E-state index contributed by atoms with van der Waals surface area (Å²) in [5.41, 5.74) is 10.9. The molecule has 2 aromatic heterocycles. The van der Waals surface area contributed by atoms with E-state index in [-0.39, 0.29) is 0 Å². The Hall–Kier alpha value is -5.90. The lowest BCUT2D eigenvalue weighted by Gasteiger charge is -2.19. The first-order valence-corrected chi connectivity index (χ1v) is 20.1. The van der Waals surface area contributed by atoms with Crippen LogP contribution in [0.25, 0.3) is 93.2 Å². The molecular weight excluding hydrogens is 611 g/mol. The Labute approximate surface area is 284 Å². The average molecular weight is 642 g/mol. The molecule has 1 aliphatic heterocycles. The number of hydrogen-bond acceptors (Lipinski definition) is 1. The number of furan rings is 1. The Morgan fingerprint density at radius 2 is 1.18 bits per heavy atom. The minimum absolute atomic E-state index is 0.933. The maximum absolute atomic E-state index is 6.20. The number of hydrogen-bond donors (Lipinski definition) is 0. The first-order valence-electron chi connectivity index (χ1n) is 17.1. The summed E-state index contributed by atoms with van der Waals surface area (Å²) in [7, 11) is -1.75.